The maximum Gasteiger partial charge on any atom is 0.270 e. The van der Waals surface area contributed by atoms with E-state index in [-0.39, 0.29) is 5.91 Å². The van der Waals surface area contributed by atoms with Crippen molar-refractivity contribution in [1.29, 1.82) is 0 Å². The van der Waals surface area contributed by atoms with Crippen molar-refractivity contribution in [2.45, 2.75) is 13.3 Å². The number of hydrogen-bond donors (Lipinski definition) is 2. The molecule has 116 valence electrons. The number of methoxy groups -OCH3 is 1. The number of aryl methyl sites for hydroxylation is 1. The van der Waals surface area contributed by atoms with Crippen molar-refractivity contribution in [3.05, 3.63) is 47.8 Å². The summed E-state index contributed by atoms with van der Waals surface area (Å²) in [6.45, 7) is 3.16. The van der Waals surface area contributed by atoms with Gasteiger partial charge in [0.1, 0.15) is 5.69 Å². The van der Waals surface area contributed by atoms with Crippen LogP contribution in [0, 0.1) is 6.92 Å². The van der Waals surface area contributed by atoms with E-state index in [1.807, 2.05) is 31.2 Å². The van der Waals surface area contributed by atoms with Crippen molar-refractivity contribution >= 4 is 17.5 Å². The molecule has 6 nitrogen and oxygen atoms in total. The predicted molar refractivity (Wildman–Crippen MR) is 85.3 cm³/mol. The highest BCUT2D eigenvalue weighted by atomic mass is 16.5. The Kier molecular flexibility index (Phi) is 5.85. The first kappa shape index (κ1) is 15.9. The van der Waals surface area contributed by atoms with Crippen LogP contribution >= 0.6 is 0 Å². The average Bonchev–Trinajstić information content (AvgIpc) is 2.54. The number of para-hydroxylation sites is 1. The third kappa shape index (κ3) is 4.53. The summed E-state index contributed by atoms with van der Waals surface area (Å²) >= 11 is 0. The normalized spacial score (nSPS) is 10.3. The Balaban J connectivity index is 2.00. The Bertz CT molecular complexity index is 631. The highest BCUT2D eigenvalue weighted by Gasteiger charge is 2.08. The molecule has 0 aliphatic carbocycles. The molecule has 0 saturated carbocycles. The van der Waals surface area contributed by atoms with Crippen molar-refractivity contribution < 1.29 is 9.53 Å². The van der Waals surface area contributed by atoms with Gasteiger partial charge in [-0.05, 0) is 31.0 Å². The molecule has 0 fully saturated rings. The fourth-order valence-corrected chi connectivity index (χ4v) is 1.89. The van der Waals surface area contributed by atoms with Gasteiger partial charge < -0.3 is 15.4 Å². The van der Waals surface area contributed by atoms with E-state index in [1.54, 1.807) is 19.4 Å². The number of hydrogen-bond acceptors (Lipinski definition) is 5. The van der Waals surface area contributed by atoms with Crippen LogP contribution in [0.15, 0.2) is 36.5 Å². The van der Waals surface area contributed by atoms with Crippen LogP contribution < -0.4 is 10.6 Å². The maximum atomic E-state index is 12.0. The molecule has 1 aromatic heterocycles. The Morgan fingerprint density at radius 2 is 2.09 bits per heavy atom. The number of anilines is 2. The lowest BCUT2D eigenvalue weighted by Crippen LogP contribution is -2.26. The van der Waals surface area contributed by atoms with Gasteiger partial charge in [-0.15, -0.1) is 0 Å². The van der Waals surface area contributed by atoms with Crippen LogP contribution in [0.4, 0.5) is 11.6 Å². The zero-order chi connectivity index (χ0) is 15.8. The first-order chi connectivity index (χ1) is 10.7. The van der Waals surface area contributed by atoms with E-state index in [4.69, 9.17) is 4.74 Å². The smallest absolute Gasteiger partial charge is 0.270 e. The minimum atomic E-state index is -0.216. The third-order valence-electron chi connectivity index (χ3n) is 3.09. The molecule has 0 saturated heterocycles. The number of ether oxygens (including phenoxy) is 1. The number of rotatable bonds is 7. The van der Waals surface area contributed by atoms with Crippen LogP contribution in [0.5, 0.6) is 0 Å². The number of carbonyl (C=O) groups is 1. The molecule has 2 aromatic rings. The molecule has 2 rings (SSSR count). The zero-order valence-electron chi connectivity index (χ0n) is 12.8. The van der Waals surface area contributed by atoms with Gasteiger partial charge in [0.05, 0.1) is 0 Å². The number of amides is 1. The number of benzene rings is 1. The fourth-order valence-electron chi connectivity index (χ4n) is 1.89. The minimum Gasteiger partial charge on any atom is -0.385 e. The standard InChI is InChI=1S/C16H20N4O2/c1-12-6-3-4-7-13(12)19-16-18-10-8-14(20-16)15(21)17-9-5-11-22-2/h3-4,6-8,10H,5,9,11H2,1-2H3,(H,17,21)(H,18,19,20). The predicted octanol–water partition coefficient (Wildman–Crippen LogP) is 2.29. The van der Waals surface area contributed by atoms with E-state index in [1.165, 1.54) is 0 Å². The third-order valence-corrected chi connectivity index (χ3v) is 3.09. The molecule has 1 amide bonds. The van der Waals surface area contributed by atoms with E-state index in [9.17, 15) is 4.79 Å². The lowest BCUT2D eigenvalue weighted by molar-refractivity contribution is 0.0943. The largest absolute Gasteiger partial charge is 0.385 e. The second-order valence-electron chi connectivity index (χ2n) is 4.81. The van der Waals surface area contributed by atoms with Crippen LogP contribution in [0.25, 0.3) is 0 Å². The quantitative estimate of drug-likeness (QED) is 0.767. The molecular weight excluding hydrogens is 280 g/mol. The number of nitrogens with one attached hydrogen (secondary N) is 2. The van der Waals surface area contributed by atoms with Gasteiger partial charge in [0.2, 0.25) is 5.95 Å². The molecule has 6 heteroatoms. The molecule has 0 spiro atoms. The molecule has 0 aliphatic heterocycles. The Morgan fingerprint density at radius 1 is 1.27 bits per heavy atom. The first-order valence-electron chi connectivity index (χ1n) is 7.13. The summed E-state index contributed by atoms with van der Waals surface area (Å²) in [4.78, 5) is 20.4. The fraction of sp³-hybridized carbons (Fsp3) is 0.312. The van der Waals surface area contributed by atoms with Crippen LogP contribution in [0.3, 0.4) is 0 Å². The maximum absolute atomic E-state index is 12.0. The molecule has 0 radical (unpaired) electrons. The number of carbonyl (C=O) groups excluding carboxylic acids is 1. The molecule has 0 unspecified atom stereocenters. The van der Waals surface area contributed by atoms with Crippen LogP contribution in [-0.4, -0.2) is 36.1 Å². The zero-order valence-corrected chi connectivity index (χ0v) is 12.8. The van der Waals surface area contributed by atoms with Gasteiger partial charge in [0.15, 0.2) is 0 Å². The molecule has 22 heavy (non-hydrogen) atoms. The molecule has 1 aromatic carbocycles. The van der Waals surface area contributed by atoms with Crippen molar-refractivity contribution in [1.82, 2.24) is 15.3 Å². The lowest BCUT2D eigenvalue weighted by Gasteiger charge is -2.09. The summed E-state index contributed by atoms with van der Waals surface area (Å²) in [6, 6.07) is 9.42. The summed E-state index contributed by atoms with van der Waals surface area (Å²) in [5.74, 6) is 0.185. The van der Waals surface area contributed by atoms with Crippen LogP contribution in [0.1, 0.15) is 22.5 Å². The minimum absolute atomic E-state index is 0.216. The Morgan fingerprint density at radius 3 is 2.86 bits per heavy atom. The molecule has 0 bridgehead atoms. The molecule has 1 heterocycles. The summed E-state index contributed by atoms with van der Waals surface area (Å²) < 4.78 is 4.94. The highest BCUT2D eigenvalue weighted by molar-refractivity contribution is 5.92. The van der Waals surface area contributed by atoms with Gasteiger partial charge >= 0.3 is 0 Å². The van der Waals surface area contributed by atoms with Crippen molar-refractivity contribution in [2.75, 3.05) is 25.6 Å². The monoisotopic (exact) mass is 300 g/mol. The summed E-state index contributed by atoms with van der Waals surface area (Å²) in [5, 5.41) is 5.92. The van der Waals surface area contributed by atoms with Gasteiger partial charge in [-0.25, -0.2) is 9.97 Å². The van der Waals surface area contributed by atoms with E-state index in [2.05, 4.69) is 20.6 Å². The summed E-state index contributed by atoms with van der Waals surface area (Å²) in [7, 11) is 1.63. The molecule has 2 N–H and O–H groups in total. The second-order valence-corrected chi connectivity index (χ2v) is 4.81. The van der Waals surface area contributed by atoms with E-state index in [0.29, 0.717) is 24.8 Å². The van der Waals surface area contributed by atoms with Gasteiger partial charge in [0.25, 0.3) is 5.91 Å². The highest BCUT2D eigenvalue weighted by Crippen LogP contribution is 2.17. The van der Waals surface area contributed by atoms with Gasteiger partial charge in [0, 0.05) is 32.1 Å². The van der Waals surface area contributed by atoms with Gasteiger partial charge in [-0.1, -0.05) is 18.2 Å². The Hall–Kier alpha value is -2.47. The van der Waals surface area contributed by atoms with E-state index in [0.717, 1.165) is 17.7 Å². The summed E-state index contributed by atoms with van der Waals surface area (Å²) in [5.41, 5.74) is 2.34. The van der Waals surface area contributed by atoms with Crippen LogP contribution in [-0.2, 0) is 4.74 Å². The Labute approximate surface area is 129 Å². The van der Waals surface area contributed by atoms with E-state index < -0.39 is 0 Å². The molecule has 0 aliphatic rings. The second kappa shape index (κ2) is 8.09. The van der Waals surface area contributed by atoms with E-state index >= 15 is 0 Å². The van der Waals surface area contributed by atoms with Gasteiger partial charge in [-0.2, -0.15) is 0 Å². The van der Waals surface area contributed by atoms with Crippen LogP contribution in [0.2, 0.25) is 0 Å². The average molecular weight is 300 g/mol. The molecule has 0 atom stereocenters. The van der Waals surface area contributed by atoms with Gasteiger partial charge in [-0.3, -0.25) is 4.79 Å². The number of nitrogens with zero attached hydrogens (tertiary/aromatic N) is 2. The SMILES string of the molecule is COCCCNC(=O)c1ccnc(Nc2ccccc2C)n1. The lowest BCUT2D eigenvalue weighted by atomic mass is 10.2. The topological polar surface area (TPSA) is 76.1 Å². The van der Waals surface area contributed by atoms with Crippen molar-refractivity contribution in [3.8, 4) is 0 Å². The van der Waals surface area contributed by atoms with Crippen molar-refractivity contribution in [3.63, 3.8) is 0 Å². The first-order valence-corrected chi connectivity index (χ1v) is 7.13. The molecular formula is C16H20N4O2. The van der Waals surface area contributed by atoms with Crippen molar-refractivity contribution in [2.24, 2.45) is 0 Å². The number of aromatic nitrogens is 2. The summed E-state index contributed by atoms with van der Waals surface area (Å²) in [6.07, 6.45) is 2.33.